The Bertz CT molecular complexity index is 628. The Morgan fingerprint density at radius 3 is 2.68 bits per heavy atom. The molecular weight excluding hydrogens is 302 g/mol. The Labute approximate surface area is 134 Å². The number of anilines is 3. The predicted molar refractivity (Wildman–Crippen MR) is 88.3 cm³/mol. The van der Waals surface area contributed by atoms with E-state index in [0.29, 0.717) is 19.8 Å². The van der Waals surface area contributed by atoms with E-state index < -0.39 is 0 Å². The molecule has 22 heavy (non-hydrogen) atoms. The molecule has 1 aromatic heterocycles. The Balaban J connectivity index is 1.76. The van der Waals surface area contributed by atoms with E-state index in [1.807, 2.05) is 24.3 Å². The minimum atomic E-state index is 0.276. The second-order valence-electron chi connectivity index (χ2n) is 5.04. The van der Waals surface area contributed by atoms with Crippen molar-refractivity contribution in [2.45, 2.75) is 6.54 Å². The highest BCUT2D eigenvalue weighted by Crippen LogP contribution is 2.25. The van der Waals surface area contributed by atoms with Gasteiger partial charge in [-0.05, 0) is 17.7 Å². The highest BCUT2D eigenvalue weighted by Gasteiger charge is 2.17. The molecule has 0 spiro atoms. The Morgan fingerprint density at radius 1 is 1.23 bits per heavy atom. The molecule has 0 amide bonds. The standard InChI is InChI=1S/C15H18ClN5O/c16-12-3-1-11(2-4-12)9-18-13-10-19-15(17)20-14(13)21-5-7-22-8-6-21/h1-4,10,18H,5-9H2,(H2,17,19,20). The van der Waals surface area contributed by atoms with Crippen molar-refractivity contribution in [3.63, 3.8) is 0 Å². The molecule has 2 aromatic rings. The van der Waals surface area contributed by atoms with Crippen molar-refractivity contribution in [2.75, 3.05) is 42.3 Å². The predicted octanol–water partition coefficient (Wildman–Crippen LogP) is 2.16. The van der Waals surface area contributed by atoms with E-state index in [2.05, 4.69) is 20.2 Å². The van der Waals surface area contributed by atoms with Gasteiger partial charge in [0.2, 0.25) is 5.95 Å². The largest absolute Gasteiger partial charge is 0.378 e. The number of hydrogen-bond acceptors (Lipinski definition) is 6. The molecule has 116 valence electrons. The quantitative estimate of drug-likeness (QED) is 0.899. The molecule has 2 heterocycles. The maximum atomic E-state index is 5.90. The lowest BCUT2D eigenvalue weighted by molar-refractivity contribution is 0.122. The van der Waals surface area contributed by atoms with Crippen LogP contribution in [0.3, 0.4) is 0 Å². The first-order valence-corrected chi connectivity index (χ1v) is 7.54. The molecule has 1 aromatic carbocycles. The summed E-state index contributed by atoms with van der Waals surface area (Å²) < 4.78 is 5.38. The fourth-order valence-corrected chi connectivity index (χ4v) is 2.45. The maximum Gasteiger partial charge on any atom is 0.222 e. The first-order valence-electron chi connectivity index (χ1n) is 7.16. The molecule has 0 radical (unpaired) electrons. The number of nitrogens with zero attached hydrogens (tertiary/aromatic N) is 3. The van der Waals surface area contributed by atoms with Gasteiger partial charge in [0.25, 0.3) is 0 Å². The molecule has 7 heteroatoms. The molecule has 6 nitrogen and oxygen atoms in total. The lowest BCUT2D eigenvalue weighted by Crippen LogP contribution is -2.37. The summed E-state index contributed by atoms with van der Waals surface area (Å²) in [4.78, 5) is 10.6. The van der Waals surface area contributed by atoms with E-state index in [4.69, 9.17) is 22.1 Å². The zero-order valence-electron chi connectivity index (χ0n) is 12.1. The van der Waals surface area contributed by atoms with Crippen LogP contribution in [-0.4, -0.2) is 36.3 Å². The molecule has 0 unspecified atom stereocenters. The van der Waals surface area contributed by atoms with Gasteiger partial charge in [-0.3, -0.25) is 0 Å². The molecule has 1 aliphatic rings. The van der Waals surface area contributed by atoms with Crippen LogP contribution in [0.4, 0.5) is 17.5 Å². The number of aromatic nitrogens is 2. The summed E-state index contributed by atoms with van der Waals surface area (Å²) in [6.07, 6.45) is 1.73. The number of morpholine rings is 1. The van der Waals surface area contributed by atoms with Crippen molar-refractivity contribution in [1.82, 2.24) is 9.97 Å². The number of ether oxygens (including phenoxy) is 1. The second kappa shape index (κ2) is 6.81. The van der Waals surface area contributed by atoms with Gasteiger partial charge in [-0.2, -0.15) is 4.98 Å². The average molecular weight is 320 g/mol. The third-order valence-corrected chi connectivity index (χ3v) is 3.75. The third-order valence-electron chi connectivity index (χ3n) is 3.49. The smallest absolute Gasteiger partial charge is 0.222 e. The Hall–Kier alpha value is -2.05. The highest BCUT2D eigenvalue weighted by molar-refractivity contribution is 6.30. The lowest BCUT2D eigenvalue weighted by Gasteiger charge is -2.29. The molecule has 0 aliphatic carbocycles. The van der Waals surface area contributed by atoms with Crippen LogP contribution >= 0.6 is 11.6 Å². The first kappa shape index (κ1) is 14.9. The summed E-state index contributed by atoms with van der Waals surface area (Å²) in [5.41, 5.74) is 7.74. The van der Waals surface area contributed by atoms with E-state index in [1.54, 1.807) is 6.20 Å². The van der Waals surface area contributed by atoms with Crippen molar-refractivity contribution < 1.29 is 4.74 Å². The van der Waals surface area contributed by atoms with Gasteiger partial charge in [-0.25, -0.2) is 4.98 Å². The maximum absolute atomic E-state index is 5.90. The number of halogens is 1. The van der Waals surface area contributed by atoms with Crippen LogP contribution in [0.15, 0.2) is 30.5 Å². The van der Waals surface area contributed by atoms with Gasteiger partial charge in [0.05, 0.1) is 25.1 Å². The van der Waals surface area contributed by atoms with Gasteiger partial charge in [-0.1, -0.05) is 23.7 Å². The number of nitrogens with two attached hydrogens (primary N) is 1. The molecule has 0 saturated carbocycles. The fraction of sp³-hybridized carbons (Fsp3) is 0.333. The number of nitrogen functional groups attached to an aromatic ring is 1. The zero-order chi connectivity index (χ0) is 15.4. The molecule has 1 fully saturated rings. The van der Waals surface area contributed by atoms with E-state index in [9.17, 15) is 0 Å². The van der Waals surface area contributed by atoms with Crippen LogP contribution in [0.2, 0.25) is 5.02 Å². The summed E-state index contributed by atoms with van der Waals surface area (Å²) >= 11 is 5.90. The summed E-state index contributed by atoms with van der Waals surface area (Å²) in [6, 6.07) is 7.73. The molecule has 0 atom stereocenters. The van der Waals surface area contributed by atoms with Crippen molar-refractivity contribution >= 4 is 29.1 Å². The SMILES string of the molecule is Nc1ncc(NCc2ccc(Cl)cc2)c(N2CCOCC2)n1. The van der Waals surface area contributed by atoms with Crippen molar-refractivity contribution in [3.05, 3.63) is 41.0 Å². The van der Waals surface area contributed by atoms with Crippen LogP contribution < -0.4 is 16.0 Å². The second-order valence-corrected chi connectivity index (χ2v) is 5.48. The first-order chi connectivity index (χ1) is 10.7. The van der Waals surface area contributed by atoms with E-state index in [1.165, 1.54) is 0 Å². The Morgan fingerprint density at radius 2 is 1.95 bits per heavy atom. The molecule has 0 bridgehead atoms. The minimum Gasteiger partial charge on any atom is -0.378 e. The molecule has 1 aliphatic heterocycles. The van der Waals surface area contributed by atoms with Gasteiger partial charge in [0.1, 0.15) is 0 Å². The number of hydrogen-bond donors (Lipinski definition) is 2. The fourth-order valence-electron chi connectivity index (χ4n) is 2.33. The summed E-state index contributed by atoms with van der Waals surface area (Å²) in [7, 11) is 0. The van der Waals surface area contributed by atoms with Gasteiger partial charge < -0.3 is 20.7 Å². The van der Waals surface area contributed by atoms with Gasteiger partial charge in [0.15, 0.2) is 5.82 Å². The number of rotatable bonds is 4. The monoisotopic (exact) mass is 319 g/mol. The molecule has 3 rings (SSSR count). The van der Waals surface area contributed by atoms with Crippen LogP contribution in [0, 0.1) is 0 Å². The van der Waals surface area contributed by atoms with Crippen molar-refractivity contribution in [3.8, 4) is 0 Å². The van der Waals surface area contributed by atoms with Crippen molar-refractivity contribution in [2.24, 2.45) is 0 Å². The van der Waals surface area contributed by atoms with E-state index >= 15 is 0 Å². The van der Waals surface area contributed by atoms with Gasteiger partial charge in [0, 0.05) is 24.7 Å². The van der Waals surface area contributed by atoms with E-state index in [-0.39, 0.29) is 5.95 Å². The molecule has 3 N–H and O–H groups in total. The van der Waals surface area contributed by atoms with Crippen LogP contribution in [0.25, 0.3) is 0 Å². The van der Waals surface area contributed by atoms with Crippen LogP contribution in [0.1, 0.15) is 5.56 Å². The minimum absolute atomic E-state index is 0.276. The normalized spacial score (nSPS) is 14.9. The van der Waals surface area contributed by atoms with Crippen LogP contribution in [-0.2, 0) is 11.3 Å². The third kappa shape index (κ3) is 3.58. The van der Waals surface area contributed by atoms with Crippen LogP contribution in [0.5, 0.6) is 0 Å². The van der Waals surface area contributed by atoms with Crippen molar-refractivity contribution in [1.29, 1.82) is 0 Å². The van der Waals surface area contributed by atoms with E-state index in [0.717, 1.165) is 35.2 Å². The van der Waals surface area contributed by atoms with Gasteiger partial charge in [-0.15, -0.1) is 0 Å². The number of nitrogens with one attached hydrogen (secondary N) is 1. The molecular formula is C15H18ClN5O. The lowest BCUT2D eigenvalue weighted by atomic mass is 10.2. The summed E-state index contributed by atoms with van der Waals surface area (Å²) in [5, 5.41) is 4.10. The van der Waals surface area contributed by atoms with Gasteiger partial charge >= 0.3 is 0 Å². The Kier molecular flexibility index (Phi) is 4.60. The number of benzene rings is 1. The molecule has 1 saturated heterocycles. The summed E-state index contributed by atoms with van der Waals surface area (Å²) in [5.74, 6) is 1.10. The average Bonchev–Trinajstić information content (AvgIpc) is 2.56. The highest BCUT2D eigenvalue weighted by atomic mass is 35.5. The topological polar surface area (TPSA) is 76.3 Å². The zero-order valence-corrected chi connectivity index (χ0v) is 12.9. The summed E-state index contributed by atoms with van der Waals surface area (Å²) in [6.45, 7) is 3.65.